The number of ether oxygens (including phenoxy) is 2. The predicted molar refractivity (Wildman–Crippen MR) is 125 cm³/mol. The van der Waals surface area contributed by atoms with Crippen LogP contribution in [0.3, 0.4) is 0 Å². The fourth-order valence-corrected chi connectivity index (χ4v) is 5.21. The lowest BCUT2D eigenvalue weighted by Gasteiger charge is -2.20. The molecule has 0 bridgehead atoms. The Kier molecular flexibility index (Phi) is 6.83. The summed E-state index contributed by atoms with van der Waals surface area (Å²) in [4.78, 5) is 7.88. The molecule has 4 rings (SSSR count). The summed E-state index contributed by atoms with van der Waals surface area (Å²) in [5, 5.41) is 7.51. The molecule has 4 aromatic rings. The Balaban J connectivity index is 1.80. The van der Waals surface area contributed by atoms with Crippen LogP contribution in [0.15, 0.2) is 53.4 Å². The van der Waals surface area contributed by atoms with Crippen molar-refractivity contribution < 1.29 is 26.7 Å². The minimum Gasteiger partial charge on any atom is -0.494 e. The SMILES string of the molecule is COc1cccc(OC)c1-n1c(CS(=O)(=O)[C@@H](C)[C@@H](C)c2ncc(F)cn2)nnc1-c1ccco1. The third kappa shape index (κ3) is 4.74. The average molecular weight is 502 g/mol. The monoisotopic (exact) mass is 501 g/mol. The van der Waals surface area contributed by atoms with Crippen LogP contribution < -0.4 is 9.47 Å². The van der Waals surface area contributed by atoms with E-state index in [1.165, 1.54) is 20.5 Å². The van der Waals surface area contributed by atoms with E-state index < -0.39 is 32.6 Å². The zero-order valence-electron chi connectivity index (χ0n) is 19.5. The van der Waals surface area contributed by atoms with Gasteiger partial charge in [0.15, 0.2) is 27.2 Å². The first kappa shape index (κ1) is 24.3. The highest BCUT2D eigenvalue weighted by Gasteiger charge is 2.33. The van der Waals surface area contributed by atoms with Gasteiger partial charge in [0.05, 0.1) is 38.1 Å². The lowest BCUT2D eigenvalue weighted by Crippen LogP contribution is -2.27. The third-order valence-electron chi connectivity index (χ3n) is 5.75. The molecule has 1 aromatic carbocycles. The number of sulfone groups is 1. The highest BCUT2D eigenvalue weighted by atomic mass is 32.2. The van der Waals surface area contributed by atoms with Crippen LogP contribution in [0.25, 0.3) is 17.3 Å². The summed E-state index contributed by atoms with van der Waals surface area (Å²) in [6.45, 7) is 3.24. The second kappa shape index (κ2) is 9.82. The zero-order chi connectivity index (χ0) is 25.2. The fraction of sp³-hybridized carbons (Fsp3) is 0.304. The van der Waals surface area contributed by atoms with E-state index in [0.717, 1.165) is 12.4 Å². The van der Waals surface area contributed by atoms with Crippen molar-refractivity contribution in [3.8, 4) is 28.8 Å². The van der Waals surface area contributed by atoms with E-state index in [9.17, 15) is 12.8 Å². The van der Waals surface area contributed by atoms with E-state index in [-0.39, 0.29) is 17.5 Å². The number of aromatic nitrogens is 5. The van der Waals surface area contributed by atoms with Crippen LogP contribution >= 0.6 is 0 Å². The van der Waals surface area contributed by atoms with E-state index >= 15 is 0 Å². The number of benzene rings is 1. The molecule has 0 fully saturated rings. The van der Waals surface area contributed by atoms with Gasteiger partial charge in [0.1, 0.15) is 28.8 Å². The van der Waals surface area contributed by atoms with Crippen LogP contribution in [-0.2, 0) is 15.6 Å². The van der Waals surface area contributed by atoms with E-state index in [2.05, 4.69) is 20.2 Å². The topological polar surface area (TPSA) is 122 Å². The van der Waals surface area contributed by atoms with Gasteiger partial charge in [0.25, 0.3) is 0 Å². The number of rotatable bonds is 9. The third-order valence-corrected chi connectivity index (χ3v) is 7.95. The molecule has 0 aliphatic carbocycles. The molecule has 3 heterocycles. The molecular formula is C23H24FN5O5S. The normalized spacial score (nSPS) is 13.4. The van der Waals surface area contributed by atoms with E-state index in [0.29, 0.717) is 22.9 Å². The Labute approximate surface area is 201 Å². The zero-order valence-corrected chi connectivity index (χ0v) is 20.4. The lowest BCUT2D eigenvalue weighted by atomic mass is 10.1. The van der Waals surface area contributed by atoms with Crippen LogP contribution in [0.1, 0.15) is 31.4 Å². The number of nitrogens with zero attached hydrogens (tertiary/aromatic N) is 5. The Hall–Kier alpha value is -3.80. The van der Waals surface area contributed by atoms with Gasteiger partial charge in [-0.2, -0.15) is 0 Å². The van der Waals surface area contributed by atoms with Crippen LogP contribution in [0, 0.1) is 5.82 Å². The Bertz CT molecular complexity index is 1380. The maximum atomic E-state index is 13.5. The van der Waals surface area contributed by atoms with Crippen molar-refractivity contribution in [3.63, 3.8) is 0 Å². The van der Waals surface area contributed by atoms with Crippen LogP contribution in [0.5, 0.6) is 11.5 Å². The standard InChI is InChI=1S/C23H24FN5O5S/c1-14(22-25-11-16(24)12-26-22)15(2)35(30,31)13-20-27-28-23(19-9-6-10-34-19)29(20)21-17(32-3)7-5-8-18(21)33-4/h5-12,14-15H,13H2,1-4H3/t14-,15+/m1/s1. The number of furan rings is 1. The summed E-state index contributed by atoms with van der Waals surface area (Å²) < 4.78 is 58.3. The van der Waals surface area contributed by atoms with Gasteiger partial charge in [0.2, 0.25) is 5.82 Å². The number of hydrogen-bond donors (Lipinski definition) is 0. The average Bonchev–Trinajstić information content (AvgIpc) is 3.52. The van der Waals surface area contributed by atoms with Crippen molar-refractivity contribution in [3.05, 3.63) is 66.5 Å². The highest BCUT2D eigenvalue weighted by Crippen LogP contribution is 2.37. The van der Waals surface area contributed by atoms with E-state index in [1.807, 2.05) is 0 Å². The molecule has 0 radical (unpaired) electrons. The molecule has 10 nitrogen and oxygen atoms in total. The van der Waals surface area contributed by atoms with Gasteiger partial charge >= 0.3 is 0 Å². The first-order valence-corrected chi connectivity index (χ1v) is 12.4. The molecule has 0 aliphatic heterocycles. The minimum atomic E-state index is -3.81. The molecule has 0 unspecified atom stereocenters. The maximum Gasteiger partial charge on any atom is 0.204 e. The maximum absolute atomic E-state index is 13.5. The molecule has 0 spiro atoms. The second-order valence-corrected chi connectivity index (χ2v) is 10.2. The van der Waals surface area contributed by atoms with Gasteiger partial charge in [-0.3, -0.25) is 4.57 Å². The van der Waals surface area contributed by atoms with Crippen molar-refractivity contribution in [1.82, 2.24) is 24.7 Å². The largest absolute Gasteiger partial charge is 0.494 e. The Morgan fingerprint density at radius 1 is 1.03 bits per heavy atom. The number of methoxy groups -OCH3 is 2. The van der Waals surface area contributed by atoms with Gasteiger partial charge in [0, 0.05) is 5.92 Å². The lowest BCUT2D eigenvalue weighted by molar-refractivity contribution is 0.390. The predicted octanol–water partition coefficient (Wildman–Crippen LogP) is 3.58. The molecule has 0 saturated carbocycles. The van der Waals surface area contributed by atoms with E-state index in [4.69, 9.17) is 13.9 Å². The fourth-order valence-electron chi connectivity index (χ4n) is 3.65. The minimum absolute atomic E-state index is 0.137. The quantitative estimate of drug-likeness (QED) is 0.339. The van der Waals surface area contributed by atoms with Gasteiger partial charge in [-0.1, -0.05) is 13.0 Å². The van der Waals surface area contributed by atoms with Crippen molar-refractivity contribution in [1.29, 1.82) is 0 Å². The molecule has 12 heteroatoms. The molecule has 184 valence electrons. The summed E-state index contributed by atoms with van der Waals surface area (Å²) in [6, 6.07) is 8.58. The van der Waals surface area contributed by atoms with Crippen molar-refractivity contribution in [2.45, 2.75) is 30.8 Å². The van der Waals surface area contributed by atoms with Crippen LogP contribution in [0.2, 0.25) is 0 Å². The van der Waals surface area contributed by atoms with E-state index in [1.54, 1.807) is 48.7 Å². The smallest absolute Gasteiger partial charge is 0.204 e. The van der Waals surface area contributed by atoms with Crippen LogP contribution in [0.4, 0.5) is 4.39 Å². The summed E-state index contributed by atoms with van der Waals surface area (Å²) in [7, 11) is -0.809. The van der Waals surface area contributed by atoms with Gasteiger partial charge in [-0.05, 0) is 31.2 Å². The molecule has 0 aliphatic rings. The Morgan fingerprint density at radius 3 is 2.26 bits per heavy atom. The molecular weight excluding hydrogens is 477 g/mol. The highest BCUT2D eigenvalue weighted by molar-refractivity contribution is 7.91. The van der Waals surface area contributed by atoms with Crippen LogP contribution in [-0.4, -0.2) is 52.6 Å². The molecule has 2 atom stereocenters. The second-order valence-electron chi connectivity index (χ2n) is 7.82. The first-order valence-electron chi connectivity index (χ1n) is 10.6. The van der Waals surface area contributed by atoms with Crippen molar-refractivity contribution in [2.24, 2.45) is 0 Å². The summed E-state index contributed by atoms with van der Waals surface area (Å²) in [6.07, 6.45) is 3.51. The number of para-hydroxylation sites is 1. The summed E-state index contributed by atoms with van der Waals surface area (Å²) >= 11 is 0. The summed E-state index contributed by atoms with van der Waals surface area (Å²) in [5.41, 5.74) is 0.432. The summed E-state index contributed by atoms with van der Waals surface area (Å²) in [5.74, 6) is 0.247. The Morgan fingerprint density at radius 2 is 1.69 bits per heavy atom. The van der Waals surface area contributed by atoms with Gasteiger partial charge in [-0.15, -0.1) is 10.2 Å². The van der Waals surface area contributed by atoms with Crippen molar-refractivity contribution >= 4 is 9.84 Å². The first-order chi connectivity index (χ1) is 16.8. The molecule has 0 amide bonds. The molecule has 3 aromatic heterocycles. The number of halogens is 1. The molecule has 0 N–H and O–H groups in total. The molecule has 35 heavy (non-hydrogen) atoms. The van der Waals surface area contributed by atoms with Gasteiger partial charge < -0.3 is 13.9 Å². The van der Waals surface area contributed by atoms with Gasteiger partial charge in [-0.25, -0.2) is 22.8 Å². The van der Waals surface area contributed by atoms with Crippen molar-refractivity contribution in [2.75, 3.05) is 14.2 Å². The number of hydrogen-bond acceptors (Lipinski definition) is 9. The molecule has 0 saturated heterocycles.